The smallest absolute Gasteiger partial charge is 0.148 e. The lowest BCUT2D eigenvalue weighted by molar-refractivity contribution is 0.392. The summed E-state index contributed by atoms with van der Waals surface area (Å²) >= 11 is 0. The highest BCUT2D eigenvalue weighted by Crippen LogP contribution is 2.12. The number of aromatic nitrogens is 2. The van der Waals surface area contributed by atoms with Gasteiger partial charge in [0.2, 0.25) is 0 Å². The Labute approximate surface area is 110 Å². The van der Waals surface area contributed by atoms with E-state index in [0.717, 1.165) is 36.9 Å². The van der Waals surface area contributed by atoms with Gasteiger partial charge in [-0.15, -0.1) is 5.10 Å². The topological polar surface area (TPSA) is 49.8 Å². The second kappa shape index (κ2) is 6.69. The van der Waals surface area contributed by atoms with Gasteiger partial charge in [-0.2, -0.15) is 5.10 Å². The van der Waals surface area contributed by atoms with E-state index in [4.69, 9.17) is 0 Å². The first-order chi connectivity index (χ1) is 8.74. The first kappa shape index (κ1) is 13.3. The molecule has 1 unspecified atom stereocenters. The van der Waals surface area contributed by atoms with Crippen LogP contribution in [-0.4, -0.2) is 29.8 Å². The molecule has 0 amide bonds. The van der Waals surface area contributed by atoms with E-state index < -0.39 is 0 Å². The maximum absolute atomic E-state index is 4.25. The van der Waals surface area contributed by atoms with E-state index >= 15 is 0 Å². The normalized spacial score (nSPS) is 20.1. The van der Waals surface area contributed by atoms with Gasteiger partial charge >= 0.3 is 0 Å². The van der Waals surface area contributed by atoms with E-state index in [1.807, 2.05) is 6.07 Å². The molecule has 0 radical (unpaired) electrons. The molecule has 1 atom stereocenters. The van der Waals surface area contributed by atoms with Gasteiger partial charge < -0.3 is 10.6 Å². The zero-order chi connectivity index (χ0) is 12.8. The van der Waals surface area contributed by atoms with Crippen molar-refractivity contribution in [3.8, 4) is 0 Å². The van der Waals surface area contributed by atoms with E-state index in [9.17, 15) is 0 Å². The fourth-order valence-electron chi connectivity index (χ4n) is 2.33. The Balaban J connectivity index is 1.78. The van der Waals surface area contributed by atoms with Crippen molar-refractivity contribution in [1.82, 2.24) is 15.5 Å². The second-order valence-corrected chi connectivity index (χ2v) is 5.60. The first-order valence-corrected chi connectivity index (χ1v) is 7.01. The van der Waals surface area contributed by atoms with E-state index in [1.165, 1.54) is 19.4 Å². The second-order valence-electron chi connectivity index (χ2n) is 5.60. The molecule has 1 aliphatic rings. The van der Waals surface area contributed by atoms with Gasteiger partial charge in [-0.05, 0) is 56.3 Å². The molecule has 1 aromatic heterocycles. The zero-order valence-electron chi connectivity index (χ0n) is 11.4. The summed E-state index contributed by atoms with van der Waals surface area (Å²) < 4.78 is 0. The molecule has 18 heavy (non-hydrogen) atoms. The van der Waals surface area contributed by atoms with E-state index in [0.29, 0.717) is 5.92 Å². The maximum atomic E-state index is 4.25. The van der Waals surface area contributed by atoms with Crippen molar-refractivity contribution in [1.29, 1.82) is 0 Å². The highest BCUT2D eigenvalue weighted by molar-refractivity contribution is 5.33. The van der Waals surface area contributed by atoms with Crippen LogP contribution in [0.25, 0.3) is 0 Å². The van der Waals surface area contributed by atoms with Crippen LogP contribution in [0.1, 0.15) is 32.4 Å². The van der Waals surface area contributed by atoms with Gasteiger partial charge in [0.25, 0.3) is 0 Å². The minimum absolute atomic E-state index is 0.631. The third-order valence-electron chi connectivity index (χ3n) is 3.31. The fourth-order valence-corrected chi connectivity index (χ4v) is 2.33. The van der Waals surface area contributed by atoms with Crippen LogP contribution in [0.3, 0.4) is 0 Å². The van der Waals surface area contributed by atoms with Gasteiger partial charge in [0.1, 0.15) is 5.82 Å². The lowest BCUT2D eigenvalue weighted by Crippen LogP contribution is -2.33. The zero-order valence-corrected chi connectivity index (χ0v) is 11.4. The number of anilines is 1. The lowest BCUT2D eigenvalue weighted by atomic mass is 10.00. The van der Waals surface area contributed by atoms with E-state index in [1.54, 1.807) is 0 Å². The molecule has 0 aliphatic carbocycles. The number of piperidine rings is 1. The molecular formula is C14H24N4. The monoisotopic (exact) mass is 248 g/mol. The molecule has 4 nitrogen and oxygen atoms in total. The molecular weight excluding hydrogens is 224 g/mol. The summed E-state index contributed by atoms with van der Waals surface area (Å²) in [5.74, 6) is 2.25. The Morgan fingerprint density at radius 1 is 1.39 bits per heavy atom. The first-order valence-electron chi connectivity index (χ1n) is 7.01. The molecule has 4 heteroatoms. The Morgan fingerprint density at radius 2 is 2.28 bits per heavy atom. The van der Waals surface area contributed by atoms with Crippen LogP contribution in [0.15, 0.2) is 12.1 Å². The molecule has 2 rings (SSSR count). The maximum Gasteiger partial charge on any atom is 0.148 e. The lowest BCUT2D eigenvalue weighted by Gasteiger charge is -2.22. The predicted molar refractivity (Wildman–Crippen MR) is 74.7 cm³/mol. The van der Waals surface area contributed by atoms with E-state index in [-0.39, 0.29) is 0 Å². The molecule has 1 fully saturated rings. The fraction of sp³-hybridized carbons (Fsp3) is 0.714. The molecule has 1 aliphatic heterocycles. The van der Waals surface area contributed by atoms with Gasteiger partial charge in [-0.25, -0.2) is 0 Å². The van der Waals surface area contributed by atoms with Crippen LogP contribution in [0.4, 0.5) is 5.82 Å². The number of hydrogen-bond donors (Lipinski definition) is 2. The van der Waals surface area contributed by atoms with Crippen molar-refractivity contribution in [3.05, 3.63) is 17.8 Å². The van der Waals surface area contributed by atoms with Crippen molar-refractivity contribution in [2.24, 2.45) is 11.8 Å². The summed E-state index contributed by atoms with van der Waals surface area (Å²) in [4.78, 5) is 0. The number of nitrogens with zero attached hydrogens (tertiary/aromatic N) is 2. The van der Waals surface area contributed by atoms with Crippen molar-refractivity contribution in [3.63, 3.8) is 0 Å². The molecule has 0 bridgehead atoms. The molecule has 0 spiro atoms. The summed E-state index contributed by atoms with van der Waals surface area (Å²) in [6.45, 7) is 7.67. The average Bonchev–Trinajstić information content (AvgIpc) is 2.38. The molecule has 1 aromatic rings. The Morgan fingerprint density at radius 3 is 2.89 bits per heavy atom. The Kier molecular flexibility index (Phi) is 4.93. The van der Waals surface area contributed by atoms with Gasteiger partial charge in [0, 0.05) is 6.54 Å². The molecule has 0 saturated carbocycles. The SMILES string of the molecule is CC(C)Cc1ccc(NCC2CCCNC2)nn1. The Hall–Kier alpha value is -1.16. The summed E-state index contributed by atoms with van der Waals surface area (Å²) in [7, 11) is 0. The highest BCUT2D eigenvalue weighted by atomic mass is 15.2. The minimum Gasteiger partial charge on any atom is -0.368 e. The highest BCUT2D eigenvalue weighted by Gasteiger charge is 2.12. The quantitative estimate of drug-likeness (QED) is 0.837. The van der Waals surface area contributed by atoms with Crippen LogP contribution in [0, 0.1) is 11.8 Å². The Bertz CT molecular complexity index is 341. The van der Waals surface area contributed by atoms with Crippen LogP contribution in [0.2, 0.25) is 0 Å². The van der Waals surface area contributed by atoms with Gasteiger partial charge in [-0.1, -0.05) is 13.8 Å². The van der Waals surface area contributed by atoms with Crippen molar-refractivity contribution >= 4 is 5.82 Å². The third kappa shape index (κ3) is 4.26. The minimum atomic E-state index is 0.631. The summed E-state index contributed by atoms with van der Waals surface area (Å²) in [6, 6.07) is 4.12. The van der Waals surface area contributed by atoms with Crippen LogP contribution in [0.5, 0.6) is 0 Å². The van der Waals surface area contributed by atoms with Crippen molar-refractivity contribution in [2.75, 3.05) is 25.0 Å². The number of rotatable bonds is 5. The summed E-state index contributed by atoms with van der Waals surface area (Å²) in [6.07, 6.45) is 3.59. The van der Waals surface area contributed by atoms with Crippen molar-refractivity contribution < 1.29 is 0 Å². The van der Waals surface area contributed by atoms with Crippen LogP contribution < -0.4 is 10.6 Å². The van der Waals surface area contributed by atoms with Gasteiger partial charge in [-0.3, -0.25) is 0 Å². The van der Waals surface area contributed by atoms with Crippen molar-refractivity contribution in [2.45, 2.75) is 33.1 Å². The van der Waals surface area contributed by atoms with Gasteiger partial charge in [0.05, 0.1) is 5.69 Å². The average molecular weight is 248 g/mol. The van der Waals surface area contributed by atoms with Gasteiger partial charge in [0.15, 0.2) is 0 Å². The van der Waals surface area contributed by atoms with Crippen LogP contribution in [-0.2, 0) is 6.42 Å². The number of hydrogen-bond acceptors (Lipinski definition) is 4. The van der Waals surface area contributed by atoms with Crippen LogP contribution >= 0.6 is 0 Å². The van der Waals surface area contributed by atoms with E-state index in [2.05, 4.69) is 40.7 Å². The number of nitrogens with one attached hydrogen (secondary N) is 2. The summed E-state index contributed by atoms with van der Waals surface area (Å²) in [5.41, 5.74) is 1.08. The molecule has 100 valence electrons. The molecule has 2 N–H and O–H groups in total. The third-order valence-corrected chi connectivity index (χ3v) is 3.31. The predicted octanol–water partition coefficient (Wildman–Crippen LogP) is 2.09. The largest absolute Gasteiger partial charge is 0.368 e. The molecule has 1 saturated heterocycles. The molecule has 2 heterocycles. The standard InChI is InChI=1S/C14H24N4/c1-11(2)8-13-5-6-14(18-17-13)16-10-12-4-3-7-15-9-12/h5-6,11-12,15H,3-4,7-10H2,1-2H3,(H,16,18). The molecule has 0 aromatic carbocycles. The summed E-state index contributed by atoms with van der Waals surface area (Å²) in [5, 5.41) is 15.3.